The predicted molar refractivity (Wildman–Crippen MR) is 79.4 cm³/mol. The third-order valence-electron chi connectivity index (χ3n) is 3.14. The van der Waals surface area contributed by atoms with Crippen LogP contribution in [-0.4, -0.2) is 30.1 Å². The number of hydrogen-bond donors (Lipinski definition) is 0. The van der Waals surface area contributed by atoms with Gasteiger partial charge in [0.05, 0.1) is 5.69 Å². The summed E-state index contributed by atoms with van der Waals surface area (Å²) in [6.45, 7) is 1.31. The summed E-state index contributed by atoms with van der Waals surface area (Å²) in [6.07, 6.45) is 0. The summed E-state index contributed by atoms with van der Waals surface area (Å²) in [5.74, 6) is 0. The number of benzene rings is 1. The van der Waals surface area contributed by atoms with E-state index in [-0.39, 0.29) is 11.1 Å². The Labute approximate surface area is 118 Å². The monoisotopic (exact) mass is 267 g/mol. The van der Waals surface area contributed by atoms with Gasteiger partial charge >= 0.3 is 0 Å². The highest BCUT2D eigenvalue weighted by molar-refractivity contribution is 5.60. The van der Waals surface area contributed by atoms with Crippen LogP contribution < -0.4 is 5.56 Å². The van der Waals surface area contributed by atoms with Crippen molar-refractivity contribution in [1.82, 2.24) is 9.47 Å². The molecule has 4 heteroatoms. The Morgan fingerprint density at radius 3 is 2.45 bits per heavy atom. The van der Waals surface area contributed by atoms with Crippen LogP contribution in [0, 0.1) is 11.3 Å². The van der Waals surface area contributed by atoms with Crippen LogP contribution in [0.1, 0.15) is 5.56 Å². The summed E-state index contributed by atoms with van der Waals surface area (Å²) in [5, 5.41) is 9.01. The zero-order valence-corrected chi connectivity index (χ0v) is 11.7. The first-order valence-corrected chi connectivity index (χ1v) is 6.47. The van der Waals surface area contributed by atoms with Gasteiger partial charge in [-0.25, -0.2) is 0 Å². The van der Waals surface area contributed by atoms with Gasteiger partial charge in [0.1, 0.15) is 11.6 Å². The largest absolute Gasteiger partial charge is 0.308 e. The van der Waals surface area contributed by atoms with Crippen LogP contribution in [0.25, 0.3) is 11.3 Å². The number of aromatic nitrogens is 1. The van der Waals surface area contributed by atoms with Crippen molar-refractivity contribution in [3.63, 3.8) is 0 Å². The average molecular weight is 267 g/mol. The Kier molecular flexibility index (Phi) is 4.34. The van der Waals surface area contributed by atoms with Crippen molar-refractivity contribution < 1.29 is 0 Å². The summed E-state index contributed by atoms with van der Waals surface area (Å²) >= 11 is 0. The predicted octanol–water partition coefficient (Wildman–Crippen LogP) is 1.95. The van der Waals surface area contributed by atoms with E-state index in [0.29, 0.717) is 6.54 Å². The highest BCUT2D eigenvalue weighted by atomic mass is 16.1. The van der Waals surface area contributed by atoms with Crippen molar-refractivity contribution in [2.24, 2.45) is 0 Å². The Bertz CT molecular complexity index is 681. The van der Waals surface area contributed by atoms with Gasteiger partial charge in [0.25, 0.3) is 5.56 Å². The highest BCUT2D eigenvalue weighted by Gasteiger charge is 2.10. The van der Waals surface area contributed by atoms with Gasteiger partial charge in [-0.05, 0) is 31.8 Å². The van der Waals surface area contributed by atoms with Crippen LogP contribution >= 0.6 is 0 Å². The lowest BCUT2D eigenvalue weighted by molar-refractivity contribution is 0.382. The van der Waals surface area contributed by atoms with E-state index in [4.69, 9.17) is 5.26 Å². The number of hydrogen-bond acceptors (Lipinski definition) is 3. The average Bonchev–Trinajstić information content (AvgIpc) is 2.46. The lowest BCUT2D eigenvalue weighted by atomic mass is 10.1. The van der Waals surface area contributed by atoms with Gasteiger partial charge in [0.2, 0.25) is 0 Å². The molecule has 0 fully saturated rings. The maximum atomic E-state index is 12.3. The SMILES string of the molecule is CN(C)CCn1c(-c2ccccc2)ccc(C#N)c1=O. The van der Waals surface area contributed by atoms with Crippen LogP contribution in [0.3, 0.4) is 0 Å². The highest BCUT2D eigenvalue weighted by Crippen LogP contribution is 2.17. The summed E-state index contributed by atoms with van der Waals surface area (Å²) in [5.41, 5.74) is 1.78. The van der Waals surface area contributed by atoms with E-state index in [9.17, 15) is 4.79 Å². The van der Waals surface area contributed by atoms with Gasteiger partial charge in [-0.2, -0.15) is 5.26 Å². The van der Waals surface area contributed by atoms with E-state index in [1.54, 1.807) is 10.6 Å². The van der Waals surface area contributed by atoms with Gasteiger partial charge < -0.3 is 9.47 Å². The van der Waals surface area contributed by atoms with E-state index in [1.165, 1.54) is 0 Å². The van der Waals surface area contributed by atoms with Gasteiger partial charge in [0.15, 0.2) is 0 Å². The molecule has 0 atom stereocenters. The number of nitrogens with zero attached hydrogens (tertiary/aromatic N) is 3. The first-order chi connectivity index (χ1) is 9.63. The Morgan fingerprint density at radius 1 is 1.15 bits per heavy atom. The van der Waals surface area contributed by atoms with E-state index in [1.807, 2.05) is 61.5 Å². The van der Waals surface area contributed by atoms with E-state index in [0.717, 1.165) is 17.8 Å². The van der Waals surface area contributed by atoms with Gasteiger partial charge in [-0.15, -0.1) is 0 Å². The molecule has 0 saturated heterocycles. The van der Waals surface area contributed by atoms with Gasteiger partial charge in [0, 0.05) is 13.1 Å². The van der Waals surface area contributed by atoms with Crippen molar-refractivity contribution in [3.8, 4) is 17.3 Å². The zero-order valence-electron chi connectivity index (χ0n) is 11.7. The van der Waals surface area contributed by atoms with Crippen LogP contribution in [-0.2, 0) is 6.54 Å². The molecule has 102 valence electrons. The molecule has 1 aromatic heterocycles. The summed E-state index contributed by atoms with van der Waals surface area (Å²) < 4.78 is 1.67. The molecule has 0 aliphatic carbocycles. The normalized spacial score (nSPS) is 10.5. The molecule has 0 aliphatic heterocycles. The minimum absolute atomic E-state index is 0.184. The first kappa shape index (κ1) is 14.0. The van der Waals surface area contributed by atoms with Crippen LogP contribution in [0.2, 0.25) is 0 Å². The molecule has 0 aliphatic rings. The minimum atomic E-state index is -0.226. The van der Waals surface area contributed by atoms with Crippen LogP contribution in [0.4, 0.5) is 0 Å². The fourth-order valence-corrected chi connectivity index (χ4v) is 2.05. The van der Waals surface area contributed by atoms with E-state index in [2.05, 4.69) is 0 Å². The number of pyridine rings is 1. The summed E-state index contributed by atoms with van der Waals surface area (Å²) in [6, 6.07) is 15.1. The molecule has 20 heavy (non-hydrogen) atoms. The quantitative estimate of drug-likeness (QED) is 0.850. The zero-order chi connectivity index (χ0) is 14.5. The lowest BCUT2D eigenvalue weighted by Crippen LogP contribution is -2.29. The van der Waals surface area contributed by atoms with Crippen LogP contribution in [0.5, 0.6) is 0 Å². The van der Waals surface area contributed by atoms with Gasteiger partial charge in [-0.3, -0.25) is 4.79 Å². The summed E-state index contributed by atoms with van der Waals surface area (Å²) in [7, 11) is 3.92. The molecule has 1 heterocycles. The molecular formula is C16H17N3O. The maximum absolute atomic E-state index is 12.3. The standard InChI is InChI=1S/C16H17N3O/c1-18(2)10-11-19-15(13-6-4-3-5-7-13)9-8-14(12-17)16(19)20/h3-9H,10-11H2,1-2H3. The minimum Gasteiger partial charge on any atom is -0.308 e. The van der Waals surface area contributed by atoms with E-state index < -0.39 is 0 Å². The molecule has 4 nitrogen and oxygen atoms in total. The fraction of sp³-hybridized carbons (Fsp3) is 0.250. The molecule has 0 N–H and O–H groups in total. The Balaban J connectivity index is 2.54. The van der Waals surface area contributed by atoms with Crippen molar-refractivity contribution >= 4 is 0 Å². The molecular weight excluding hydrogens is 250 g/mol. The molecule has 1 aromatic carbocycles. The summed E-state index contributed by atoms with van der Waals surface area (Å²) in [4.78, 5) is 14.3. The second-order valence-electron chi connectivity index (χ2n) is 4.87. The Hall–Kier alpha value is -2.38. The van der Waals surface area contributed by atoms with Crippen molar-refractivity contribution in [2.45, 2.75) is 6.54 Å². The van der Waals surface area contributed by atoms with Crippen molar-refractivity contribution in [3.05, 3.63) is 58.4 Å². The fourth-order valence-electron chi connectivity index (χ4n) is 2.05. The van der Waals surface area contributed by atoms with Crippen molar-refractivity contribution in [1.29, 1.82) is 5.26 Å². The second-order valence-corrected chi connectivity index (χ2v) is 4.87. The topological polar surface area (TPSA) is 49.0 Å². The number of rotatable bonds is 4. The molecule has 0 saturated carbocycles. The molecule has 0 radical (unpaired) electrons. The lowest BCUT2D eigenvalue weighted by Gasteiger charge is -2.16. The first-order valence-electron chi connectivity index (χ1n) is 6.47. The third kappa shape index (κ3) is 2.95. The molecule has 0 unspecified atom stereocenters. The molecule has 0 spiro atoms. The molecule has 0 amide bonds. The maximum Gasteiger partial charge on any atom is 0.268 e. The van der Waals surface area contributed by atoms with Gasteiger partial charge in [-0.1, -0.05) is 30.3 Å². The number of nitriles is 1. The second kappa shape index (κ2) is 6.18. The molecule has 0 bridgehead atoms. The van der Waals surface area contributed by atoms with Crippen LogP contribution in [0.15, 0.2) is 47.3 Å². The van der Waals surface area contributed by atoms with E-state index >= 15 is 0 Å². The molecule has 2 aromatic rings. The third-order valence-corrected chi connectivity index (χ3v) is 3.14. The van der Waals surface area contributed by atoms with Crippen molar-refractivity contribution in [2.75, 3.05) is 20.6 Å². The Morgan fingerprint density at radius 2 is 1.85 bits per heavy atom. The number of likely N-dealkylation sites (N-methyl/N-ethyl adjacent to an activating group) is 1. The molecule has 2 rings (SSSR count). The smallest absolute Gasteiger partial charge is 0.268 e.